The summed E-state index contributed by atoms with van der Waals surface area (Å²) < 4.78 is 0.957. The van der Waals surface area contributed by atoms with Crippen molar-refractivity contribution in [1.82, 2.24) is 4.90 Å². The van der Waals surface area contributed by atoms with Crippen molar-refractivity contribution < 1.29 is 0 Å². The molecular weight excluding hydrogens is 239 g/mol. The predicted molar refractivity (Wildman–Crippen MR) is 64.9 cm³/mol. The molecule has 1 radical (unpaired) electrons. The molecule has 0 N–H and O–H groups in total. The van der Waals surface area contributed by atoms with Crippen molar-refractivity contribution in [2.24, 2.45) is 4.99 Å². The first-order valence-electron chi connectivity index (χ1n) is 4.94. The molecule has 0 aliphatic carbocycles. The van der Waals surface area contributed by atoms with Crippen LogP contribution in [0.1, 0.15) is 19.8 Å². The molecule has 0 bridgehead atoms. The van der Waals surface area contributed by atoms with Crippen molar-refractivity contribution in [3.63, 3.8) is 0 Å². The Balaban J connectivity index is 4.10. The molecule has 0 aromatic heterocycles. The van der Waals surface area contributed by atoms with Crippen LogP contribution in [-0.4, -0.2) is 45.3 Å². The molecule has 2 nitrogen and oxygen atoms in total. The fourth-order valence-electron chi connectivity index (χ4n) is 0.975. The van der Waals surface area contributed by atoms with Crippen LogP contribution in [0.15, 0.2) is 30.3 Å². The van der Waals surface area contributed by atoms with Crippen molar-refractivity contribution in [2.75, 3.05) is 19.6 Å². The Morgan fingerprint density at radius 2 is 1.93 bits per heavy atom. The molecule has 0 aromatic rings. The minimum absolute atomic E-state index is 0.810. The topological polar surface area (TPSA) is 15.6 Å². The van der Waals surface area contributed by atoms with Crippen molar-refractivity contribution in [3.8, 4) is 0 Å². The number of aliphatic imine (C=N–C) groups is 1. The van der Waals surface area contributed by atoms with E-state index >= 15 is 0 Å². The van der Waals surface area contributed by atoms with Gasteiger partial charge in [0.15, 0.2) is 0 Å². The van der Waals surface area contributed by atoms with E-state index in [2.05, 4.69) is 46.0 Å². The van der Waals surface area contributed by atoms with Crippen LogP contribution in [0.4, 0.5) is 0 Å². The second kappa shape index (κ2) is 9.04. The summed E-state index contributed by atoms with van der Waals surface area (Å²) >= 11 is 2.99. The van der Waals surface area contributed by atoms with Gasteiger partial charge in [-0.3, -0.25) is 0 Å². The van der Waals surface area contributed by atoms with Gasteiger partial charge in [-0.1, -0.05) is 0 Å². The monoisotopic (exact) mass is 259 g/mol. The van der Waals surface area contributed by atoms with E-state index in [9.17, 15) is 0 Å². The normalized spacial score (nSPS) is 11.1. The third-order valence-electron chi connectivity index (χ3n) is 1.73. The number of hydrogen-bond acceptors (Lipinski definition) is 1. The Labute approximate surface area is 95.6 Å². The van der Waals surface area contributed by atoms with Crippen LogP contribution < -0.4 is 0 Å². The quantitative estimate of drug-likeness (QED) is 0.224. The van der Waals surface area contributed by atoms with Gasteiger partial charge in [0.1, 0.15) is 0 Å². The molecule has 0 saturated heterocycles. The molecule has 0 aliphatic rings. The van der Waals surface area contributed by atoms with Crippen LogP contribution >= 0.6 is 0 Å². The van der Waals surface area contributed by atoms with E-state index in [1.165, 1.54) is 6.42 Å². The van der Waals surface area contributed by atoms with Crippen LogP contribution in [0.3, 0.4) is 0 Å². The van der Waals surface area contributed by atoms with E-state index in [1.54, 1.807) is 0 Å². The maximum atomic E-state index is 4.44. The van der Waals surface area contributed by atoms with Gasteiger partial charge in [0.25, 0.3) is 0 Å². The number of nitrogens with zero attached hydrogens (tertiary/aromatic N) is 2. The van der Waals surface area contributed by atoms with Crippen molar-refractivity contribution in [3.05, 3.63) is 25.3 Å². The first-order valence-corrected chi connectivity index (χ1v) is 5.80. The van der Waals surface area contributed by atoms with Gasteiger partial charge in [0.05, 0.1) is 0 Å². The first-order chi connectivity index (χ1) is 6.76. The molecule has 0 spiro atoms. The molecule has 0 fully saturated rings. The van der Waals surface area contributed by atoms with Crippen LogP contribution in [-0.2, 0) is 0 Å². The number of amidine groups is 1. The molecule has 0 amide bonds. The molecule has 0 aliphatic heterocycles. The summed E-state index contributed by atoms with van der Waals surface area (Å²) in [5, 5.41) is 0. The van der Waals surface area contributed by atoms with E-state index < -0.39 is 0 Å². The van der Waals surface area contributed by atoms with E-state index in [4.69, 9.17) is 0 Å². The Bertz CT molecular complexity index is 189. The van der Waals surface area contributed by atoms with Crippen molar-refractivity contribution >= 4 is 20.7 Å². The summed E-state index contributed by atoms with van der Waals surface area (Å²) in [7, 11) is 0. The zero-order chi connectivity index (χ0) is 10.8. The summed E-state index contributed by atoms with van der Waals surface area (Å²) in [6.45, 7) is 12.1. The van der Waals surface area contributed by atoms with Gasteiger partial charge in [-0.25, -0.2) is 0 Å². The van der Waals surface area contributed by atoms with Gasteiger partial charge < -0.3 is 0 Å². The fourth-order valence-corrected chi connectivity index (χ4v) is 1.48. The first kappa shape index (κ1) is 13.5. The van der Waals surface area contributed by atoms with E-state index in [1.807, 2.05) is 12.2 Å². The summed E-state index contributed by atoms with van der Waals surface area (Å²) in [6, 6.07) is 0. The van der Waals surface area contributed by atoms with E-state index in [0.717, 1.165) is 30.8 Å². The Hall–Kier alpha value is -0.531. The fraction of sp³-hybridized carbons (Fsp3) is 0.545. The molecule has 0 atom stereocenters. The second-order valence-electron chi connectivity index (χ2n) is 3.00. The molecule has 0 rings (SSSR count). The van der Waals surface area contributed by atoms with Gasteiger partial charge in [0, 0.05) is 0 Å². The summed E-state index contributed by atoms with van der Waals surface area (Å²) in [5.41, 5.74) is 0. The second-order valence-corrected chi connectivity index (χ2v) is 3.77. The van der Waals surface area contributed by atoms with E-state index in [-0.39, 0.29) is 0 Å². The zero-order valence-corrected chi connectivity index (χ0v) is 10.6. The maximum absolute atomic E-state index is 4.44. The molecule has 0 heterocycles. The van der Waals surface area contributed by atoms with Gasteiger partial charge in [-0.15, -0.1) is 0 Å². The number of unbranched alkanes of at least 4 members (excludes halogenated alkanes) is 1. The average molecular weight is 258 g/mol. The molecule has 0 unspecified atom stereocenters. The summed E-state index contributed by atoms with van der Waals surface area (Å²) in [5.74, 6) is 0. The van der Waals surface area contributed by atoms with E-state index in [0.29, 0.717) is 0 Å². The van der Waals surface area contributed by atoms with Crippen LogP contribution in [0.25, 0.3) is 0 Å². The average Bonchev–Trinajstić information content (AvgIpc) is 2.18. The van der Waals surface area contributed by atoms with Crippen molar-refractivity contribution in [2.45, 2.75) is 19.8 Å². The number of hydrogen-bond donors (Lipinski definition) is 0. The van der Waals surface area contributed by atoms with Crippen LogP contribution in [0, 0.1) is 0 Å². The van der Waals surface area contributed by atoms with Gasteiger partial charge in [-0.2, -0.15) is 0 Å². The molecule has 0 aromatic carbocycles. The minimum atomic E-state index is 0.810. The predicted octanol–water partition coefficient (Wildman–Crippen LogP) is 1.98. The summed E-state index contributed by atoms with van der Waals surface area (Å²) in [4.78, 5) is 6.55. The van der Waals surface area contributed by atoms with Crippen molar-refractivity contribution in [1.29, 1.82) is 0 Å². The molecule has 14 heavy (non-hydrogen) atoms. The molecule has 79 valence electrons. The van der Waals surface area contributed by atoms with Gasteiger partial charge in [0.2, 0.25) is 0 Å². The Kier molecular flexibility index (Phi) is 8.70. The zero-order valence-electron chi connectivity index (χ0n) is 8.91. The van der Waals surface area contributed by atoms with Crippen LogP contribution in [0.2, 0.25) is 0 Å². The molecule has 0 saturated carbocycles. The standard InChI is InChI=1S/C11H19N2Se/c1-4-7-8-12-11(14)13(9-5-2)10-6-3/h5-6H,2-4,7-10H2,1H3. The Morgan fingerprint density at radius 3 is 2.36 bits per heavy atom. The SMILES string of the molecule is C=CCN(CC=C)C([Se])=NCCCC. The number of rotatable bonds is 7. The van der Waals surface area contributed by atoms with Gasteiger partial charge in [-0.05, 0) is 0 Å². The third kappa shape index (κ3) is 6.00. The Morgan fingerprint density at radius 1 is 1.36 bits per heavy atom. The summed E-state index contributed by atoms with van der Waals surface area (Å²) in [6.07, 6.45) is 6.06. The molecule has 3 heteroatoms. The third-order valence-corrected chi connectivity index (χ3v) is 2.54. The molecular formula is C11H19N2Se. The van der Waals surface area contributed by atoms with Gasteiger partial charge >= 0.3 is 95.3 Å². The van der Waals surface area contributed by atoms with Crippen LogP contribution in [0.5, 0.6) is 0 Å².